The lowest BCUT2D eigenvalue weighted by atomic mass is 9.96. The number of amides is 1. The van der Waals surface area contributed by atoms with Crippen LogP contribution in [0.5, 0.6) is 11.5 Å². The van der Waals surface area contributed by atoms with E-state index >= 15 is 0 Å². The number of methoxy groups -OCH3 is 2. The molecule has 0 radical (unpaired) electrons. The molecule has 6 nitrogen and oxygen atoms in total. The van der Waals surface area contributed by atoms with Gasteiger partial charge in [0.1, 0.15) is 0 Å². The summed E-state index contributed by atoms with van der Waals surface area (Å²) in [6.45, 7) is 2.74. The first-order valence-electron chi connectivity index (χ1n) is 9.61. The summed E-state index contributed by atoms with van der Waals surface area (Å²) in [6, 6.07) is 13.9. The predicted molar refractivity (Wildman–Crippen MR) is 117 cm³/mol. The highest BCUT2D eigenvalue weighted by Gasteiger charge is 2.24. The molecule has 0 atom stereocenters. The molecule has 1 aliphatic heterocycles. The summed E-state index contributed by atoms with van der Waals surface area (Å²) in [5, 5.41) is 4.10. The molecule has 1 N–H and O–H groups in total. The Balaban J connectivity index is 1.46. The van der Waals surface area contributed by atoms with Gasteiger partial charge in [-0.1, -0.05) is 28.1 Å². The summed E-state index contributed by atoms with van der Waals surface area (Å²) in [4.78, 5) is 14.8. The van der Waals surface area contributed by atoms with Gasteiger partial charge >= 0.3 is 0 Å². The van der Waals surface area contributed by atoms with Gasteiger partial charge in [-0.2, -0.15) is 5.10 Å². The number of benzene rings is 2. The third kappa shape index (κ3) is 6.05. The average molecular weight is 460 g/mol. The maximum Gasteiger partial charge on any atom is 0.243 e. The molecule has 1 fully saturated rings. The molecule has 0 spiro atoms. The van der Waals surface area contributed by atoms with Gasteiger partial charge in [-0.15, -0.1) is 0 Å². The largest absolute Gasteiger partial charge is 0.493 e. The molecule has 0 aliphatic carbocycles. The van der Waals surface area contributed by atoms with Gasteiger partial charge in [0.25, 0.3) is 0 Å². The zero-order valence-electron chi connectivity index (χ0n) is 16.7. The highest BCUT2D eigenvalue weighted by molar-refractivity contribution is 9.10. The summed E-state index contributed by atoms with van der Waals surface area (Å²) in [5.74, 6) is 1.26. The lowest BCUT2D eigenvalue weighted by Crippen LogP contribution is -2.39. The number of nitrogens with one attached hydrogen (secondary N) is 1. The molecule has 154 valence electrons. The fourth-order valence-corrected chi connectivity index (χ4v) is 3.66. The van der Waals surface area contributed by atoms with Gasteiger partial charge in [0.15, 0.2) is 11.5 Å². The fraction of sp³-hybridized carbons (Fsp3) is 0.364. The highest BCUT2D eigenvalue weighted by atomic mass is 79.9. The van der Waals surface area contributed by atoms with Crippen LogP contribution in [0.2, 0.25) is 0 Å². The number of likely N-dealkylation sites (tertiary alicyclic amines) is 1. The minimum Gasteiger partial charge on any atom is -0.493 e. The molecule has 2 aromatic rings. The first kappa shape index (κ1) is 21.3. The van der Waals surface area contributed by atoms with Crippen molar-refractivity contribution in [1.82, 2.24) is 10.3 Å². The number of hydrogen-bond donors (Lipinski definition) is 1. The number of nitrogens with zero attached hydrogens (tertiary/aromatic N) is 2. The Kier molecular flexibility index (Phi) is 7.66. The third-order valence-electron chi connectivity index (χ3n) is 5.07. The fourth-order valence-electron chi connectivity index (χ4n) is 3.40. The van der Waals surface area contributed by atoms with E-state index in [1.165, 1.54) is 5.56 Å². The van der Waals surface area contributed by atoms with Gasteiger partial charge in [-0.25, -0.2) is 5.43 Å². The molecule has 0 aromatic heterocycles. The predicted octanol–water partition coefficient (Wildman–Crippen LogP) is 3.83. The topological polar surface area (TPSA) is 63.2 Å². The SMILES string of the molecule is COc1ccc(/C=N\NC(=O)C2CCN(Cc3ccc(Br)cc3)CC2)cc1OC. The molecule has 29 heavy (non-hydrogen) atoms. The maximum atomic E-state index is 12.4. The summed E-state index contributed by atoms with van der Waals surface area (Å²) in [5.41, 5.74) is 4.79. The number of hydrogen-bond acceptors (Lipinski definition) is 5. The van der Waals surface area contributed by atoms with E-state index in [0.29, 0.717) is 11.5 Å². The van der Waals surface area contributed by atoms with E-state index in [4.69, 9.17) is 9.47 Å². The van der Waals surface area contributed by atoms with Crippen molar-refractivity contribution in [2.24, 2.45) is 11.0 Å². The van der Waals surface area contributed by atoms with Crippen molar-refractivity contribution in [3.63, 3.8) is 0 Å². The van der Waals surface area contributed by atoms with Crippen molar-refractivity contribution in [2.45, 2.75) is 19.4 Å². The molecular weight excluding hydrogens is 434 g/mol. The molecule has 1 aliphatic rings. The number of piperidine rings is 1. The van der Waals surface area contributed by atoms with Gasteiger partial charge in [-0.3, -0.25) is 9.69 Å². The Bertz CT molecular complexity index is 847. The van der Waals surface area contributed by atoms with Gasteiger partial charge in [-0.05, 0) is 67.4 Å². The Labute approximate surface area is 180 Å². The molecule has 1 heterocycles. The van der Waals surface area contributed by atoms with Gasteiger partial charge < -0.3 is 9.47 Å². The van der Waals surface area contributed by atoms with E-state index in [2.05, 4.69) is 55.6 Å². The van der Waals surface area contributed by atoms with Crippen LogP contribution in [0, 0.1) is 5.92 Å². The quantitative estimate of drug-likeness (QED) is 0.504. The minimum atomic E-state index is -0.0231. The monoisotopic (exact) mass is 459 g/mol. The second-order valence-corrected chi connectivity index (χ2v) is 7.94. The van der Waals surface area contributed by atoms with E-state index in [9.17, 15) is 4.79 Å². The number of rotatable bonds is 7. The van der Waals surface area contributed by atoms with Crippen LogP contribution in [0.1, 0.15) is 24.0 Å². The van der Waals surface area contributed by atoms with E-state index in [0.717, 1.165) is 42.5 Å². The Morgan fingerprint density at radius 3 is 2.48 bits per heavy atom. The number of ether oxygens (including phenoxy) is 2. The molecular formula is C22H26BrN3O3. The second kappa shape index (κ2) is 10.4. The van der Waals surface area contributed by atoms with Crippen LogP contribution in [0.25, 0.3) is 0 Å². The first-order chi connectivity index (χ1) is 14.1. The first-order valence-corrected chi connectivity index (χ1v) is 10.4. The van der Waals surface area contributed by atoms with E-state index in [1.54, 1.807) is 20.4 Å². The van der Waals surface area contributed by atoms with Crippen LogP contribution in [0.4, 0.5) is 0 Å². The molecule has 3 rings (SSSR count). The van der Waals surface area contributed by atoms with Gasteiger partial charge in [0.2, 0.25) is 5.91 Å². The molecule has 0 saturated carbocycles. The zero-order chi connectivity index (χ0) is 20.6. The summed E-state index contributed by atoms with van der Waals surface area (Å²) in [7, 11) is 3.18. The van der Waals surface area contributed by atoms with E-state index in [1.807, 2.05) is 18.2 Å². The van der Waals surface area contributed by atoms with Gasteiger partial charge in [0, 0.05) is 16.9 Å². The van der Waals surface area contributed by atoms with Gasteiger partial charge in [0.05, 0.1) is 20.4 Å². The lowest BCUT2D eigenvalue weighted by Gasteiger charge is -2.30. The second-order valence-electron chi connectivity index (χ2n) is 7.03. The third-order valence-corrected chi connectivity index (χ3v) is 5.60. The smallest absolute Gasteiger partial charge is 0.243 e. The molecule has 2 aromatic carbocycles. The molecule has 7 heteroatoms. The standard InChI is InChI=1S/C22H26BrN3O3/c1-28-20-8-5-17(13-21(20)29-2)14-24-25-22(27)18-9-11-26(12-10-18)15-16-3-6-19(23)7-4-16/h3-8,13-14,18H,9-12,15H2,1-2H3,(H,25,27)/b24-14-. The number of carbonyl (C=O) groups excluding carboxylic acids is 1. The van der Waals surface area contributed by atoms with Crippen LogP contribution in [-0.4, -0.2) is 44.3 Å². The Hall–Kier alpha value is -2.38. The molecule has 1 saturated heterocycles. The average Bonchev–Trinajstić information content (AvgIpc) is 2.75. The normalized spacial score (nSPS) is 15.4. The van der Waals surface area contributed by atoms with E-state index in [-0.39, 0.29) is 11.8 Å². The van der Waals surface area contributed by atoms with Crippen LogP contribution in [0.3, 0.4) is 0 Å². The van der Waals surface area contributed by atoms with Crippen LogP contribution < -0.4 is 14.9 Å². The van der Waals surface area contributed by atoms with Crippen molar-refractivity contribution >= 4 is 28.1 Å². The molecule has 0 unspecified atom stereocenters. The lowest BCUT2D eigenvalue weighted by molar-refractivity contribution is -0.126. The summed E-state index contributed by atoms with van der Waals surface area (Å²) >= 11 is 3.46. The Morgan fingerprint density at radius 1 is 1.14 bits per heavy atom. The van der Waals surface area contributed by atoms with Crippen LogP contribution >= 0.6 is 15.9 Å². The van der Waals surface area contributed by atoms with Crippen molar-refractivity contribution in [3.05, 3.63) is 58.1 Å². The van der Waals surface area contributed by atoms with Crippen molar-refractivity contribution < 1.29 is 14.3 Å². The van der Waals surface area contributed by atoms with Crippen molar-refractivity contribution in [1.29, 1.82) is 0 Å². The van der Waals surface area contributed by atoms with Crippen molar-refractivity contribution in [3.8, 4) is 11.5 Å². The van der Waals surface area contributed by atoms with E-state index < -0.39 is 0 Å². The zero-order valence-corrected chi connectivity index (χ0v) is 18.3. The Morgan fingerprint density at radius 2 is 1.83 bits per heavy atom. The van der Waals surface area contributed by atoms with Crippen molar-refractivity contribution in [2.75, 3.05) is 27.3 Å². The highest BCUT2D eigenvalue weighted by Crippen LogP contribution is 2.27. The number of halogens is 1. The minimum absolute atomic E-state index is 0.00118. The number of hydrazone groups is 1. The van der Waals surface area contributed by atoms with Crippen LogP contribution in [0.15, 0.2) is 52.0 Å². The number of carbonyl (C=O) groups is 1. The molecule has 1 amide bonds. The summed E-state index contributed by atoms with van der Waals surface area (Å²) in [6.07, 6.45) is 3.30. The van der Waals surface area contributed by atoms with Crippen LogP contribution in [-0.2, 0) is 11.3 Å². The summed E-state index contributed by atoms with van der Waals surface area (Å²) < 4.78 is 11.6. The maximum absolute atomic E-state index is 12.4. The molecule has 0 bridgehead atoms.